The van der Waals surface area contributed by atoms with Crippen LogP contribution in [0.4, 0.5) is 0 Å². The number of carbonyl (C=O) groups is 3. The van der Waals surface area contributed by atoms with Crippen LogP contribution in [0.15, 0.2) is 53.4 Å². The summed E-state index contributed by atoms with van der Waals surface area (Å²) >= 11 is 0. The van der Waals surface area contributed by atoms with Crippen molar-refractivity contribution in [2.24, 2.45) is 0 Å². The molecule has 0 aliphatic carbocycles. The lowest BCUT2D eigenvalue weighted by atomic mass is 9.98. The topological polar surface area (TPSA) is 146 Å². The van der Waals surface area contributed by atoms with Crippen molar-refractivity contribution in [3.05, 3.63) is 65.2 Å². The highest BCUT2D eigenvalue weighted by atomic mass is 32.2. The van der Waals surface area contributed by atoms with Gasteiger partial charge >= 0.3 is 5.97 Å². The Hall–Kier alpha value is -3.24. The summed E-state index contributed by atoms with van der Waals surface area (Å²) in [5.41, 5.74) is 2.88. The molecule has 1 heterocycles. The summed E-state index contributed by atoms with van der Waals surface area (Å²) in [4.78, 5) is 35.8. The fourth-order valence-electron chi connectivity index (χ4n) is 3.51. The molecule has 0 radical (unpaired) electrons. The molecule has 1 aliphatic heterocycles. The highest BCUT2D eigenvalue weighted by Gasteiger charge is 2.34. The van der Waals surface area contributed by atoms with E-state index in [1.54, 1.807) is 12.1 Å². The fourth-order valence-corrected chi connectivity index (χ4v) is 4.94. The monoisotopic (exact) mass is 460 g/mol. The van der Waals surface area contributed by atoms with Crippen LogP contribution in [0.1, 0.15) is 27.9 Å². The minimum Gasteiger partial charge on any atom is -0.480 e. The smallest absolute Gasteiger partial charge is 0.324 e. The standard InChI is InChI=1S/C22H25N3O6S/c26-20(25-14-19(22(28)29)32(30,31)18-4-2-1-3-5-18)9-11-24-21(27)16-7-6-15-8-10-23-13-17(15)12-16/h1-7,12,19,23H,8-11,13-14H2,(H,24,27)(H,25,26)(H,28,29)/p+1/t19-/m1/s1. The Morgan fingerprint density at radius 3 is 2.50 bits per heavy atom. The zero-order chi connectivity index (χ0) is 23.1. The normalized spacial score (nSPS) is 14.1. The Morgan fingerprint density at radius 1 is 1.03 bits per heavy atom. The molecule has 2 amide bonds. The van der Waals surface area contributed by atoms with Crippen LogP contribution < -0.4 is 16.0 Å². The van der Waals surface area contributed by atoms with Gasteiger partial charge in [0.05, 0.1) is 11.4 Å². The lowest BCUT2D eigenvalue weighted by molar-refractivity contribution is -0.673. The number of hydrogen-bond donors (Lipinski definition) is 4. The van der Waals surface area contributed by atoms with E-state index in [1.165, 1.54) is 29.8 Å². The Kier molecular flexibility index (Phi) is 7.60. The Labute approximate surface area is 186 Å². The number of hydrogen-bond acceptors (Lipinski definition) is 5. The van der Waals surface area contributed by atoms with Crippen molar-refractivity contribution < 1.29 is 33.2 Å². The van der Waals surface area contributed by atoms with E-state index < -0.39 is 33.5 Å². The highest BCUT2D eigenvalue weighted by molar-refractivity contribution is 7.92. The number of quaternary nitrogens is 1. The molecule has 1 aliphatic rings. The van der Waals surface area contributed by atoms with Crippen molar-refractivity contribution in [3.8, 4) is 0 Å². The molecule has 0 spiro atoms. The van der Waals surface area contributed by atoms with E-state index >= 15 is 0 Å². The average Bonchev–Trinajstić information content (AvgIpc) is 2.79. The Bertz CT molecular complexity index is 1100. The fraction of sp³-hybridized carbons (Fsp3) is 0.318. The second kappa shape index (κ2) is 10.4. The molecular formula is C22H26N3O6S+. The van der Waals surface area contributed by atoms with Crippen LogP contribution in [0.25, 0.3) is 0 Å². The molecule has 2 aromatic rings. The van der Waals surface area contributed by atoms with Crippen LogP contribution in [0, 0.1) is 0 Å². The molecule has 3 rings (SSSR count). The van der Waals surface area contributed by atoms with Gasteiger partial charge in [0.1, 0.15) is 6.54 Å². The maximum Gasteiger partial charge on any atom is 0.324 e. The van der Waals surface area contributed by atoms with Crippen molar-refractivity contribution in [2.45, 2.75) is 29.5 Å². The van der Waals surface area contributed by atoms with Crippen molar-refractivity contribution in [3.63, 3.8) is 0 Å². The zero-order valence-corrected chi connectivity index (χ0v) is 18.2. The third-order valence-corrected chi connectivity index (χ3v) is 7.34. The molecule has 0 bridgehead atoms. The van der Waals surface area contributed by atoms with Crippen molar-refractivity contribution in [1.29, 1.82) is 0 Å². The largest absolute Gasteiger partial charge is 0.480 e. The summed E-state index contributed by atoms with van der Waals surface area (Å²) in [6, 6.07) is 12.8. The van der Waals surface area contributed by atoms with Gasteiger partial charge in [0, 0.05) is 37.1 Å². The second-order valence-corrected chi connectivity index (χ2v) is 9.64. The summed E-state index contributed by atoms with van der Waals surface area (Å²) in [6.45, 7) is 1.33. The first-order chi connectivity index (χ1) is 15.3. The third-order valence-electron chi connectivity index (χ3n) is 5.29. The van der Waals surface area contributed by atoms with Gasteiger partial charge in [-0.05, 0) is 29.8 Å². The van der Waals surface area contributed by atoms with E-state index in [1.807, 2.05) is 12.1 Å². The SMILES string of the molecule is O=C(CCNC(=O)c1ccc2c(c1)C[NH2+]CC2)NC[C@H](C(=O)O)S(=O)(=O)c1ccccc1. The molecule has 0 aromatic heterocycles. The first kappa shape index (κ1) is 23.4. The quantitative estimate of drug-likeness (QED) is 0.396. The van der Waals surface area contributed by atoms with Crippen molar-refractivity contribution >= 4 is 27.6 Å². The molecule has 32 heavy (non-hydrogen) atoms. The van der Waals surface area contributed by atoms with Gasteiger partial charge in [0.15, 0.2) is 15.1 Å². The van der Waals surface area contributed by atoms with Crippen LogP contribution in [-0.2, 0) is 32.4 Å². The highest BCUT2D eigenvalue weighted by Crippen LogP contribution is 2.16. The first-order valence-corrected chi connectivity index (χ1v) is 11.8. The number of nitrogens with one attached hydrogen (secondary N) is 2. The molecular weight excluding hydrogens is 434 g/mol. The number of fused-ring (bicyclic) bond motifs is 1. The van der Waals surface area contributed by atoms with Gasteiger partial charge in [0.25, 0.3) is 5.91 Å². The molecule has 0 saturated heterocycles. The number of carboxylic acids is 1. The second-order valence-electron chi connectivity index (χ2n) is 7.51. The van der Waals surface area contributed by atoms with Gasteiger partial charge in [-0.25, -0.2) is 8.42 Å². The Morgan fingerprint density at radius 2 is 1.78 bits per heavy atom. The van der Waals surface area contributed by atoms with Gasteiger partial charge in [-0.3, -0.25) is 14.4 Å². The number of carbonyl (C=O) groups excluding carboxylic acids is 2. The van der Waals surface area contributed by atoms with E-state index in [4.69, 9.17) is 0 Å². The number of nitrogens with two attached hydrogens (primary N) is 1. The average molecular weight is 461 g/mol. The van der Waals surface area contributed by atoms with Crippen LogP contribution in [0.3, 0.4) is 0 Å². The summed E-state index contributed by atoms with van der Waals surface area (Å²) < 4.78 is 25.1. The van der Waals surface area contributed by atoms with E-state index in [0.29, 0.717) is 5.56 Å². The van der Waals surface area contributed by atoms with E-state index in [2.05, 4.69) is 16.0 Å². The summed E-state index contributed by atoms with van der Waals surface area (Å²) in [5.74, 6) is -2.41. The molecule has 0 saturated carbocycles. The van der Waals surface area contributed by atoms with E-state index in [-0.39, 0.29) is 23.8 Å². The molecule has 10 heteroatoms. The van der Waals surface area contributed by atoms with Gasteiger partial charge in [-0.15, -0.1) is 0 Å². The minimum absolute atomic E-state index is 0.0387. The van der Waals surface area contributed by atoms with Gasteiger partial charge in [0.2, 0.25) is 5.91 Å². The van der Waals surface area contributed by atoms with Crippen LogP contribution in [0.5, 0.6) is 0 Å². The van der Waals surface area contributed by atoms with Crippen molar-refractivity contribution in [2.75, 3.05) is 19.6 Å². The van der Waals surface area contributed by atoms with Crippen LogP contribution in [0.2, 0.25) is 0 Å². The number of benzene rings is 2. The number of aliphatic carboxylic acids is 1. The van der Waals surface area contributed by atoms with Gasteiger partial charge in [-0.1, -0.05) is 24.3 Å². The predicted octanol–water partition coefficient (Wildman–Crippen LogP) is -0.531. The number of carboxylic acid groups (broad SMARTS) is 1. The molecule has 0 unspecified atom stereocenters. The maximum absolute atomic E-state index is 12.6. The maximum atomic E-state index is 12.6. The third kappa shape index (κ3) is 5.71. The molecule has 9 nitrogen and oxygen atoms in total. The number of rotatable bonds is 9. The molecule has 170 valence electrons. The lowest BCUT2D eigenvalue weighted by Crippen LogP contribution is -2.84. The first-order valence-electron chi connectivity index (χ1n) is 10.3. The summed E-state index contributed by atoms with van der Waals surface area (Å²) in [6.07, 6.45) is 0.858. The van der Waals surface area contributed by atoms with Crippen LogP contribution in [-0.4, -0.2) is 56.2 Å². The van der Waals surface area contributed by atoms with Crippen molar-refractivity contribution in [1.82, 2.24) is 10.6 Å². The Balaban J connectivity index is 1.50. The number of amides is 2. The molecule has 1 atom stereocenters. The predicted molar refractivity (Wildman–Crippen MR) is 116 cm³/mol. The molecule has 5 N–H and O–H groups in total. The van der Waals surface area contributed by atoms with Gasteiger partial charge < -0.3 is 21.1 Å². The van der Waals surface area contributed by atoms with E-state index in [0.717, 1.165) is 25.1 Å². The van der Waals surface area contributed by atoms with Crippen LogP contribution >= 0.6 is 0 Å². The number of sulfone groups is 1. The van der Waals surface area contributed by atoms with Gasteiger partial charge in [-0.2, -0.15) is 0 Å². The zero-order valence-electron chi connectivity index (χ0n) is 17.4. The van der Waals surface area contributed by atoms with E-state index in [9.17, 15) is 27.9 Å². The summed E-state index contributed by atoms with van der Waals surface area (Å²) in [7, 11) is -4.16. The molecule has 2 aromatic carbocycles. The molecule has 0 fully saturated rings. The lowest BCUT2D eigenvalue weighted by Gasteiger charge is -2.15. The summed E-state index contributed by atoms with van der Waals surface area (Å²) in [5, 5.41) is 14.7. The minimum atomic E-state index is -4.16.